The molecule has 106 valence electrons. The highest BCUT2D eigenvalue weighted by Crippen LogP contribution is 2.08. The Morgan fingerprint density at radius 3 is 2.61 bits per heavy atom. The highest BCUT2D eigenvalue weighted by molar-refractivity contribution is 5.81. The van der Waals surface area contributed by atoms with E-state index >= 15 is 0 Å². The van der Waals surface area contributed by atoms with Gasteiger partial charge in [-0.05, 0) is 39.2 Å². The third-order valence-corrected chi connectivity index (χ3v) is 3.35. The number of ether oxygens (including phenoxy) is 1. The van der Waals surface area contributed by atoms with E-state index in [4.69, 9.17) is 4.74 Å². The fourth-order valence-electron chi connectivity index (χ4n) is 2.14. The molecule has 4 nitrogen and oxygen atoms in total. The summed E-state index contributed by atoms with van der Waals surface area (Å²) < 4.78 is 5.48. The molecule has 1 rings (SSSR count). The van der Waals surface area contributed by atoms with Gasteiger partial charge in [0.15, 0.2) is 0 Å². The maximum atomic E-state index is 12.0. The van der Waals surface area contributed by atoms with Gasteiger partial charge in [0.2, 0.25) is 5.91 Å². The first-order valence-corrected chi connectivity index (χ1v) is 7.35. The van der Waals surface area contributed by atoms with Crippen LogP contribution in [0, 0.1) is 0 Å². The van der Waals surface area contributed by atoms with E-state index in [0.29, 0.717) is 0 Å². The second kappa shape index (κ2) is 9.34. The summed E-state index contributed by atoms with van der Waals surface area (Å²) in [5.41, 5.74) is 0. The van der Waals surface area contributed by atoms with Crippen molar-refractivity contribution in [1.29, 1.82) is 0 Å². The molecule has 0 aromatic carbocycles. The molecular weight excluding hydrogens is 228 g/mol. The van der Waals surface area contributed by atoms with Crippen molar-refractivity contribution < 1.29 is 9.53 Å². The van der Waals surface area contributed by atoms with Gasteiger partial charge in [0.05, 0.1) is 6.04 Å². The van der Waals surface area contributed by atoms with E-state index in [-0.39, 0.29) is 11.9 Å². The number of hydrogen-bond donors (Lipinski definition) is 1. The molecule has 1 fully saturated rings. The molecule has 0 bridgehead atoms. The summed E-state index contributed by atoms with van der Waals surface area (Å²) >= 11 is 0. The molecule has 0 spiro atoms. The minimum absolute atomic E-state index is 0.0567. The molecule has 1 aliphatic heterocycles. The number of unbranched alkanes of at least 4 members (excludes halogenated alkanes) is 1. The van der Waals surface area contributed by atoms with Crippen LogP contribution in [0.2, 0.25) is 0 Å². The number of rotatable bonds is 9. The Morgan fingerprint density at radius 2 is 1.94 bits per heavy atom. The van der Waals surface area contributed by atoms with Gasteiger partial charge in [0.25, 0.3) is 0 Å². The number of amides is 1. The molecule has 1 heterocycles. The normalized spacial score (nSPS) is 17.1. The van der Waals surface area contributed by atoms with Crippen LogP contribution in [0.3, 0.4) is 0 Å². The summed E-state index contributed by atoms with van der Waals surface area (Å²) in [6, 6.07) is -0.0567. The van der Waals surface area contributed by atoms with Crippen molar-refractivity contribution in [2.24, 2.45) is 0 Å². The molecule has 4 heteroatoms. The molecule has 1 aliphatic rings. The maximum Gasteiger partial charge on any atom is 0.239 e. The van der Waals surface area contributed by atoms with Crippen LogP contribution in [-0.2, 0) is 9.53 Å². The second-order valence-corrected chi connectivity index (χ2v) is 5.03. The van der Waals surface area contributed by atoms with Gasteiger partial charge in [-0.2, -0.15) is 0 Å². The van der Waals surface area contributed by atoms with Crippen LogP contribution in [0.25, 0.3) is 0 Å². The van der Waals surface area contributed by atoms with E-state index in [9.17, 15) is 4.79 Å². The minimum Gasteiger partial charge on any atom is -0.381 e. The van der Waals surface area contributed by atoms with E-state index in [1.165, 1.54) is 6.42 Å². The molecule has 1 amide bonds. The Balaban J connectivity index is 1.99. The predicted molar refractivity (Wildman–Crippen MR) is 73.6 cm³/mol. The van der Waals surface area contributed by atoms with E-state index in [1.807, 2.05) is 11.8 Å². The summed E-state index contributed by atoms with van der Waals surface area (Å²) in [6.45, 7) is 8.49. The zero-order valence-corrected chi connectivity index (χ0v) is 11.9. The lowest BCUT2D eigenvalue weighted by Crippen LogP contribution is -2.44. The number of carbonyl (C=O) groups is 1. The number of likely N-dealkylation sites (tertiary alicyclic amines) is 1. The average Bonchev–Trinajstić information content (AvgIpc) is 2.90. The Kier molecular flexibility index (Phi) is 8.01. The van der Waals surface area contributed by atoms with Crippen molar-refractivity contribution in [3.05, 3.63) is 0 Å². The Labute approximate surface area is 111 Å². The molecule has 0 aromatic heterocycles. The van der Waals surface area contributed by atoms with Gasteiger partial charge in [-0.3, -0.25) is 4.79 Å². The summed E-state index contributed by atoms with van der Waals surface area (Å²) in [7, 11) is 0. The number of nitrogens with one attached hydrogen (secondary N) is 1. The maximum absolute atomic E-state index is 12.0. The van der Waals surface area contributed by atoms with Crippen LogP contribution in [0.5, 0.6) is 0 Å². The second-order valence-electron chi connectivity index (χ2n) is 5.03. The SMILES string of the molecule is CCCCOCCCNC(C)C(=O)N1CCCC1. The molecule has 1 unspecified atom stereocenters. The number of carbonyl (C=O) groups excluding carboxylic acids is 1. The van der Waals surface area contributed by atoms with Gasteiger partial charge >= 0.3 is 0 Å². The van der Waals surface area contributed by atoms with E-state index < -0.39 is 0 Å². The van der Waals surface area contributed by atoms with E-state index in [0.717, 1.165) is 58.5 Å². The largest absolute Gasteiger partial charge is 0.381 e. The average molecular weight is 256 g/mol. The van der Waals surface area contributed by atoms with Gasteiger partial charge in [-0.25, -0.2) is 0 Å². The topological polar surface area (TPSA) is 41.6 Å². The highest BCUT2D eigenvalue weighted by atomic mass is 16.5. The van der Waals surface area contributed by atoms with Crippen molar-refractivity contribution >= 4 is 5.91 Å². The quantitative estimate of drug-likeness (QED) is 0.640. The lowest BCUT2D eigenvalue weighted by Gasteiger charge is -2.21. The van der Waals surface area contributed by atoms with Crippen LogP contribution in [0.15, 0.2) is 0 Å². The molecular formula is C14H28N2O2. The van der Waals surface area contributed by atoms with Crippen molar-refractivity contribution in [3.8, 4) is 0 Å². The first-order valence-electron chi connectivity index (χ1n) is 7.35. The summed E-state index contributed by atoms with van der Waals surface area (Å²) in [5.74, 6) is 0.249. The molecule has 0 saturated carbocycles. The first-order chi connectivity index (χ1) is 8.75. The van der Waals surface area contributed by atoms with Crippen LogP contribution < -0.4 is 5.32 Å². The predicted octanol–water partition coefficient (Wildman–Crippen LogP) is 1.79. The Bertz CT molecular complexity index is 228. The molecule has 1 saturated heterocycles. The first kappa shape index (κ1) is 15.4. The van der Waals surface area contributed by atoms with Crippen LogP contribution in [0.4, 0.5) is 0 Å². The zero-order chi connectivity index (χ0) is 13.2. The highest BCUT2D eigenvalue weighted by Gasteiger charge is 2.22. The fraction of sp³-hybridized carbons (Fsp3) is 0.929. The molecule has 18 heavy (non-hydrogen) atoms. The summed E-state index contributed by atoms with van der Waals surface area (Å²) in [6.07, 6.45) is 5.60. The summed E-state index contributed by atoms with van der Waals surface area (Å²) in [5, 5.41) is 3.28. The molecule has 1 N–H and O–H groups in total. The van der Waals surface area contributed by atoms with Gasteiger partial charge in [0, 0.05) is 26.3 Å². The lowest BCUT2D eigenvalue weighted by molar-refractivity contribution is -0.131. The smallest absolute Gasteiger partial charge is 0.239 e. The number of nitrogens with zero attached hydrogens (tertiary/aromatic N) is 1. The van der Waals surface area contributed by atoms with Crippen molar-refractivity contribution in [3.63, 3.8) is 0 Å². The third-order valence-electron chi connectivity index (χ3n) is 3.35. The van der Waals surface area contributed by atoms with Gasteiger partial charge < -0.3 is 15.0 Å². The molecule has 0 aliphatic carbocycles. The minimum atomic E-state index is -0.0567. The van der Waals surface area contributed by atoms with Crippen LogP contribution >= 0.6 is 0 Å². The monoisotopic (exact) mass is 256 g/mol. The number of hydrogen-bond acceptors (Lipinski definition) is 3. The fourth-order valence-corrected chi connectivity index (χ4v) is 2.14. The molecule has 0 aromatic rings. The summed E-state index contributed by atoms with van der Waals surface area (Å²) in [4.78, 5) is 14.0. The zero-order valence-electron chi connectivity index (χ0n) is 11.9. The van der Waals surface area contributed by atoms with Crippen molar-refractivity contribution in [2.45, 2.75) is 52.0 Å². The molecule has 0 radical (unpaired) electrons. The lowest BCUT2D eigenvalue weighted by atomic mass is 10.3. The third kappa shape index (κ3) is 5.83. The molecule has 1 atom stereocenters. The van der Waals surface area contributed by atoms with E-state index in [2.05, 4.69) is 12.2 Å². The Hall–Kier alpha value is -0.610. The van der Waals surface area contributed by atoms with Gasteiger partial charge in [-0.1, -0.05) is 13.3 Å². The van der Waals surface area contributed by atoms with Crippen molar-refractivity contribution in [2.75, 3.05) is 32.8 Å². The standard InChI is InChI=1S/C14H28N2O2/c1-3-4-11-18-12-7-8-15-13(2)14(17)16-9-5-6-10-16/h13,15H,3-12H2,1-2H3. The van der Waals surface area contributed by atoms with Gasteiger partial charge in [0.1, 0.15) is 0 Å². The van der Waals surface area contributed by atoms with Crippen LogP contribution in [0.1, 0.15) is 46.0 Å². The van der Waals surface area contributed by atoms with E-state index in [1.54, 1.807) is 0 Å². The van der Waals surface area contributed by atoms with Crippen LogP contribution in [-0.4, -0.2) is 49.7 Å². The van der Waals surface area contributed by atoms with Crippen molar-refractivity contribution in [1.82, 2.24) is 10.2 Å². The van der Waals surface area contributed by atoms with Gasteiger partial charge in [-0.15, -0.1) is 0 Å². The Morgan fingerprint density at radius 1 is 1.28 bits per heavy atom.